The number of likely N-dealkylation sites (tertiary alicyclic amines) is 1. The van der Waals surface area contributed by atoms with Gasteiger partial charge >= 0.3 is 0 Å². The molecule has 1 N–H and O–H groups in total. The first-order chi connectivity index (χ1) is 8.29. The number of piperidine rings is 1. The van der Waals surface area contributed by atoms with Gasteiger partial charge in [-0.05, 0) is 44.9 Å². The van der Waals surface area contributed by atoms with Crippen molar-refractivity contribution in [2.24, 2.45) is 13.0 Å². The summed E-state index contributed by atoms with van der Waals surface area (Å²) >= 11 is 0. The van der Waals surface area contributed by atoms with E-state index in [4.69, 9.17) is 0 Å². The predicted molar refractivity (Wildman–Crippen MR) is 67.5 cm³/mol. The minimum atomic E-state index is 0.832. The number of nitrogens with one attached hydrogen (secondary N) is 1. The molecule has 0 amide bonds. The molecule has 0 atom stereocenters. The Hall–Kier alpha value is -0.940. The summed E-state index contributed by atoms with van der Waals surface area (Å²) in [5.41, 5.74) is 1.15. The molecule has 0 saturated carbocycles. The molecule has 17 heavy (non-hydrogen) atoms. The zero-order valence-electron chi connectivity index (χ0n) is 10.9. The van der Waals surface area contributed by atoms with Crippen molar-refractivity contribution in [3.8, 4) is 0 Å². The molecule has 1 aliphatic rings. The largest absolute Gasteiger partial charge is 0.311 e. The lowest BCUT2D eigenvalue weighted by atomic mass is 9.97. The zero-order valence-corrected chi connectivity index (χ0v) is 10.9. The van der Waals surface area contributed by atoms with Crippen LogP contribution in [0.2, 0.25) is 0 Å². The second-order valence-electron chi connectivity index (χ2n) is 4.86. The molecule has 0 aromatic carbocycles. The van der Waals surface area contributed by atoms with Gasteiger partial charge in [-0.1, -0.05) is 12.1 Å². The van der Waals surface area contributed by atoms with Crippen molar-refractivity contribution in [2.75, 3.05) is 26.2 Å². The lowest BCUT2D eigenvalue weighted by Crippen LogP contribution is -2.37. The van der Waals surface area contributed by atoms with E-state index in [9.17, 15) is 0 Å². The van der Waals surface area contributed by atoms with E-state index in [0.29, 0.717) is 0 Å². The second kappa shape index (κ2) is 6.12. The normalized spacial score (nSPS) is 18.7. The summed E-state index contributed by atoms with van der Waals surface area (Å²) in [6.45, 7) is 7.95. The van der Waals surface area contributed by atoms with Gasteiger partial charge in [0.2, 0.25) is 0 Å². The monoisotopic (exact) mass is 237 g/mol. The van der Waals surface area contributed by atoms with Crippen LogP contribution >= 0.6 is 0 Å². The number of aromatic nitrogens is 3. The average molecular weight is 237 g/mol. The van der Waals surface area contributed by atoms with Crippen LogP contribution in [0.4, 0.5) is 0 Å². The molecule has 96 valence electrons. The summed E-state index contributed by atoms with van der Waals surface area (Å²) in [4.78, 5) is 2.53. The number of hydrogen-bond donors (Lipinski definition) is 1. The van der Waals surface area contributed by atoms with Crippen molar-refractivity contribution in [2.45, 2.75) is 26.3 Å². The fraction of sp³-hybridized carbons (Fsp3) is 0.833. The molecule has 5 heteroatoms. The predicted octanol–water partition coefficient (Wildman–Crippen LogP) is 0.637. The second-order valence-corrected chi connectivity index (χ2v) is 4.86. The Bertz CT molecular complexity index is 327. The number of aryl methyl sites for hydroxylation is 1. The van der Waals surface area contributed by atoms with Crippen LogP contribution in [-0.2, 0) is 13.6 Å². The highest BCUT2D eigenvalue weighted by Gasteiger charge is 2.17. The molecule has 2 heterocycles. The highest BCUT2D eigenvalue weighted by atomic mass is 15.4. The molecule has 0 radical (unpaired) electrons. The number of rotatable bonds is 5. The Balaban J connectivity index is 1.65. The van der Waals surface area contributed by atoms with E-state index in [-0.39, 0.29) is 0 Å². The van der Waals surface area contributed by atoms with Gasteiger partial charge in [0.05, 0.1) is 11.9 Å². The summed E-state index contributed by atoms with van der Waals surface area (Å²) in [5, 5.41) is 11.3. The Morgan fingerprint density at radius 1 is 1.41 bits per heavy atom. The fourth-order valence-electron chi connectivity index (χ4n) is 2.38. The Morgan fingerprint density at radius 2 is 2.18 bits per heavy atom. The molecule has 0 unspecified atom stereocenters. The quantitative estimate of drug-likeness (QED) is 0.816. The smallest absolute Gasteiger partial charge is 0.0738 e. The Labute approximate surface area is 103 Å². The van der Waals surface area contributed by atoms with Gasteiger partial charge in [-0.15, -0.1) is 5.10 Å². The van der Waals surface area contributed by atoms with Crippen LogP contribution in [0.1, 0.15) is 25.5 Å². The summed E-state index contributed by atoms with van der Waals surface area (Å²) in [6.07, 6.45) is 4.47. The first-order valence-corrected chi connectivity index (χ1v) is 6.56. The van der Waals surface area contributed by atoms with Crippen LogP contribution in [0.3, 0.4) is 0 Å². The van der Waals surface area contributed by atoms with E-state index in [1.807, 2.05) is 17.9 Å². The SMILES string of the molecule is CCN1CCC(CNCc2cnnn2C)CC1. The third-order valence-corrected chi connectivity index (χ3v) is 3.70. The zero-order chi connectivity index (χ0) is 12.1. The molecule has 5 nitrogen and oxygen atoms in total. The molecule has 1 saturated heterocycles. The van der Waals surface area contributed by atoms with E-state index in [1.165, 1.54) is 32.5 Å². The van der Waals surface area contributed by atoms with Gasteiger partial charge in [-0.25, -0.2) is 0 Å². The third-order valence-electron chi connectivity index (χ3n) is 3.70. The summed E-state index contributed by atoms with van der Waals surface area (Å²) in [6, 6.07) is 0. The highest BCUT2D eigenvalue weighted by Crippen LogP contribution is 2.15. The van der Waals surface area contributed by atoms with Gasteiger partial charge in [0.15, 0.2) is 0 Å². The molecule has 0 aliphatic carbocycles. The molecular formula is C12H23N5. The van der Waals surface area contributed by atoms with Crippen molar-refractivity contribution in [3.05, 3.63) is 11.9 Å². The molecule has 0 bridgehead atoms. The van der Waals surface area contributed by atoms with Crippen LogP contribution in [-0.4, -0.2) is 46.1 Å². The minimum Gasteiger partial charge on any atom is -0.311 e. The highest BCUT2D eigenvalue weighted by molar-refractivity contribution is 4.92. The fourth-order valence-corrected chi connectivity index (χ4v) is 2.38. The van der Waals surface area contributed by atoms with Gasteiger partial charge in [-0.2, -0.15) is 0 Å². The number of hydrogen-bond acceptors (Lipinski definition) is 4. The molecule has 1 fully saturated rings. The average Bonchev–Trinajstić information content (AvgIpc) is 2.76. The molecule has 1 aliphatic heterocycles. The van der Waals surface area contributed by atoms with E-state index in [1.54, 1.807) is 0 Å². The van der Waals surface area contributed by atoms with Crippen LogP contribution in [0.5, 0.6) is 0 Å². The topological polar surface area (TPSA) is 46.0 Å². The molecule has 2 rings (SSSR count). The van der Waals surface area contributed by atoms with Gasteiger partial charge in [0, 0.05) is 13.6 Å². The van der Waals surface area contributed by atoms with Crippen LogP contribution in [0.15, 0.2) is 6.20 Å². The van der Waals surface area contributed by atoms with Crippen LogP contribution < -0.4 is 5.32 Å². The molecule has 1 aromatic rings. The van der Waals surface area contributed by atoms with E-state index in [2.05, 4.69) is 27.5 Å². The lowest BCUT2D eigenvalue weighted by Gasteiger charge is -2.31. The minimum absolute atomic E-state index is 0.832. The van der Waals surface area contributed by atoms with E-state index >= 15 is 0 Å². The third kappa shape index (κ3) is 3.51. The molecule has 1 aromatic heterocycles. The van der Waals surface area contributed by atoms with Crippen molar-refractivity contribution in [1.82, 2.24) is 25.2 Å². The van der Waals surface area contributed by atoms with Crippen molar-refractivity contribution < 1.29 is 0 Å². The summed E-state index contributed by atoms with van der Waals surface area (Å²) < 4.78 is 1.83. The maximum absolute atomic E-state index is 3.92. The van der Waals surface area contributed by atoms with Gasteiger partial charge in [-0.3, -0.25) is 4.68 Å². The maximum Gasteiger partial charge on any atom is 0.0738 e. The van der Waals surface area contributed by atoms with Crippen molar-refractivity contribution >= 4 is 0 Å². The van der Waals surface area contributed by atoms with Crippen molar-refractivity contribution in [1.29, 1.82) is 0 Å². The first-order valence-electron chi connectivity index (χ1n) is 6.56. The molecule has 0 spiro atoms. The lowest BCUT2D eigenvalue weighted by molar-refractivity contribution is 0.190. The van der Waals surface area contributed by atoms with Gasteiger partial charge in [0.1, 0.15) is 0 Å². The van der Waals surface area contributed by atoms with Crippen LogP contribution in [0, 0.1) is 5.92 Å². The summed E-state index contributed by atoms with van der Waals surface area (Å²) in [5.74, 6) is 0.832. The molecular weight excluding hydrogens is 214 g/mol. The van der Waals surface area contributed by atoms with Crippen molar-refractivity contribution in [3.63, 3.8) is 0 Å². The Kier molecular flexibility index (Phi) is 4.50. The van der Waals surface area contributed by atoms with Gasteiger partial charge < -0.3 is 10.2 Å². The maximum atomic E-state index is 3.92. The summed E-state index contributed by atoms with van der Waals surface area (Å²) in [7, 11) is 1.93. The van der Waals surface area contributed by atoms with E-state index < -0.39 is 0 Å². The van der Waals surface area contributed by atoms with Gasteiger partial charge in [0.25, 0.3) is 0 Å². The van der Waals surface area contributed by atoms with Crippen LogP contribution in [0.25, 0.3) is 0 Å². The Morgan fingerprint density at radius 3 is 2.76 bits per heavy atom. The van der Waals surface area contributed by atoms with E-state index in [0.717, 1.165) is 24.7 Å². The number of nitrogens with zero attached hydrogens (tertiary/aromatic N) is 4. The standard InChI is InChI=1S/C12H23N5/c1-3-17-6-4-11(5-7-17)8-13-9-12-10-14-15-16(12)2/h10-11,13H,3-9H2,1-2H3. The first kappa shape index (κ1) is 12.5.